The lowest BCUT2D eigenvalue weighted by atomic mass is 10.0. The number of rotatable bonds is 4. The molecule has 3 rings (SSSR count). The molecule has 0 fully saturated rings. The van der Waals surface area contributed by atoms with Gasteiger partial charge in [-0.05, 0) is 25.1 Å². The molecule has 2 heterocycles. The van der Waals surface area contributed by atoms with E-state index in [1.165, 1.54) is 16.0 Å². The highest BCUT2D eigenvalue weighted by molar-refractivity contribution is 7.10. The van der Waals surface area contributed by atoms with E-state index in [0.29, 0.717) is 15.7 Å². The van der Waals surface area contributed by atoms with E-state index in [1.54, 1.807) is 24.4 Å². The standard InChI is InChI=1S/C16H11ClN4OS/c1-10-9-23-16(19-10)11(8-18)15(22)13-6-7-21(20-13)14-5-3-2-4-12(14)17/h2-7,9,11H,1H3/t11-/m0/s1. The Bertz CT molecular complexity index is 909. The zero-order chi connectivity index (χ0) is 16.4. The summed E-state index contributed by atoms with van der Waals surface area (Å²) in [4.78, 5) is 16.8. The van der Waals surface area contributed by atoms with Crippen molar-refractivity contribution in [2.45, 2.75) is 12.8 Å². The summed E-state index contributed by atoms with van der Waals surface area (Å²) in [6, 6.07) is 10.8. The predicted octanol–water partition coefficient (Wildman–Crippen LogP) is 3.78. The van der Waals surface area contributed by atoms with Gasteiger partial charge in [0.25, 0.3) is 0 Å². The van der Waals surface area contributed by atoms with Crippen LogP contribution >= 0.6 is 22.9 Å². The summed E-state index contributed by atoms with van der Waals surface area (Å²) >= 11 is 7.43. The molecule has 0 amide bonds. The summed E-state index contributed by atoms with van der Waals surface area (Å²) in [6.07, 6.45) is 1.65. The number of aryl methyl sites for hydroxylation is 1. The number of ketones is 1. The van der Waals surface area contributed by atoms with Crippen LogP contribution in [0.15, 0.2) is 41.9 Å². The van der Waals surface area contributed by atoms with Crippen molar-refractivity contribution in [2.24, 2.45) is 0 Å². The van der Waals surface area contributed by atoms with Gasteiger partial charge in [-0.1, -0.05) is 23.7 Å². The van der Waals surface area contributed by atoms with Gasteiger partial charge >= 0.3 is 0 Å². The molecule has 0 spiro atoms. The molecule has 114 valence electrons. The van der Waals surface area contributed by atoms with E-state index in [2.05, 4.69) is 10.1 Å². The summed E-state index contributed by atoms with van der Waals surface area (Å²) in [5.74, 6) is -1.31. The second kappa shape index (κ2) is 6.32. The number of aromatic nitrogens is 3. The maximum Gasteiger partial charge on any atom is 0.207 e. The van der Waals surface area contributed by atoms with Crippen molar-refractivity contribution in [2.75, 3.05) is 0 Å². The normalized spacial score (nSPS) is 11.9. The third-order valence-electron chi connectivity index (χ3n) is 3.22. The molecular formula is C16H11ClN4OS. The average molecular weight is 343 g/mol. The van der Waals surface area contributed by atoms with Gasteiger partial charge in [-0.2, -0.15) is 10.4 Å². The zero-order valence-corrected chi connectivity index (χ0v) is 13.7. The van der Waals surface area contributed by atoms with Gasteiger partial charge in [-0.3, -0.25) is 4.79 Å². The second-order valence-electron chi connectivity index (χ2n) is 4.85. The number of carbonyl (C=O) groups is 1. The first-order chi connectivity index (χ1) is 11.1. The molecule has 0 aliphatic rings. The Hall–Kier alpha value is -2.49. The Morgan fingerprint density at radius 1 is 1.39 bits per heavy atom. The van der Waals surface area contributed by atoms with Crippen LogP contribution in [0.2, 0.25) is 5.02 Å². The lowest BCUT2D eigenvalue weighted by molar-refractivity contribution is 0.0973. The van der Waals surface area contributed by atoms with Crippen LogP contribution in [-0.4, -0.2) is 20.5 Å². The van der Waals surface area contributed by atoms with Gasteiger partial charge in [-0.15, -0.1) is 11.3 Å². The molecule has 0 radical (unpaired) electrons. The van der Waals surface area contributed by atoms with Crippen molar-refractivity contribution >= 4 is 28.7 Å². The van der Waals surface area contributed by atoms with Crippen molar-refractivity contribution in [3.8, 4) is 11.8 Å². The molecule has 7 heteroatoms. The molecule has 3 aromatic rings. The van der Waals surface area contributed by atoms with E-state index < -0.39 is 5.92 Å². The van der Waals surface area contributed by atoms with E-state index in [4.69, 9.17) is 11.6 Å². The van der Waals surface area contributed by atoms with Gasteiger partial charge < -0.3 is 0 Å². The smallest absolute Gasteiger partial charge is 0.207 e. The second-order valence-corrected chi connectivity index (χ2v) is 6.15. The maximum absolute atomic E-state index is 12.6. The molecule has 0 unspecified atom stereocenters. The van der Waals surface area contributed by atoms with Gasteiger partial charge in [-0.25, -0.2) is 9.67 Å². The number of halogens is 1. The molecule has 0 aliphatic heterocycles. The van der Waals surface area contributed by atoms with Crippen LogP contribution in [0.4, 0.5) is 0 Å². The Balaban J connectivity index is 1.92. The average Bonchev–Trinajstić information content (AvgIpc) is 3.18. The largest absolute Gasteiger partial charge is 0.290 e. The minimum atomic E-state index is -0.941. The quantitative estimate of drug-likeness (QED) is 0.676. The predicted molar refractivity (Wildman–Crippen MR) is 88.1 cm³/mol. The molecule has 1 aromatic carbocycles. The number of benzene rings is 1. The highest BCUT2D eigenvalue weighted by Crippen LogP contribution is 2.24. The number of Topliss-reactive ketones (excluding diaryl/α,β-unsaturated/α-hetero) is 1. The van der Waals surface area contributed by atoms with Crippen LogP contribution in [0.25, 0.3) is 5.69 Å². The van der Waals surface area contributed by atoms with Gasteiger partial charge in [0.05, 0.1) is 16.8 Å². The molecule has 2 aromatic heterocycles. The first-order valence-electron chi connectivity index (χ1n) is 6.76. The summed E-state index contributed by atoms with van der Waals surface area (Å²) in [5.41, 5.74) is 1.68. The summed E-state index contributed by atoms with van der Waals surface area (Å²) in [7, 11) is 0. The van der Waals surface area contributed by atoms with Crippen molar-refractivity contribution in [3.05, 3.63) is 63.3 Å². The fourth-order valence-electron chi connectivity index (χ4n) is 2.11. The van der Waals surface area contributed by atoms with Crippen molar-refractivity contribution in [1.29, 1.82) is 5.26 Å². The molecule has 1 atom stereocenters. The van der Waals surface area contributed by atoms with Crippen LogP contribution in [0, 0.1) is 18.3 Å². The molecule has 0 saturated carbocycles. The number of thiazole rings is 1. The van der Waals surface area contributed by atoms with E-state index >= 15 is 0 Å². The van der Waals surface area contributed by atoms with Crippen molar-refractivity contribution < 1.29 is 4.79 Å². The maximum atomic E-state index is 12.6. The van der Waals surface area contributed by atoms with Gasteiger partial charge in [0.2, 0.25) is 5.78 Å². The minimum absolute atomic E-state index is 0.212. The molecule has 0 saturated heterocycles. The van der Waals surface area contributed by atoms with Crippen LogP contribution < -0.4 is 0 Å². The Kier molecular flexibility index (Phi) is 4.24. The lowest BCUT2D eigenvalue weighted by Crippen LogP contribution is -2.12. The monoisotopic (exact) mass is 342 g/mol. The summed E-state index contributed by atoms with van der Waals surface area (Å²) in [6.45, 7) is 1.82. The van der Waals surface area contributed by atoms with Gasteiger partial charge in [0.1, 0.15) is 10.7 Å². The number of carbonyl (C=O) groups excluding carboxylic acids is 1. The summed E-state index contributed by atoms with van der Waals surface area (Å²) in [5, 5.41) is 16.4. The first kappa shape index (κ1) is 15.4. The molecular weight excluding hydrogens is 332 g/mol. The van der Waals surface area contributed by atoms with E-state index in [1.807, 2.05) is 30.5 Å². The highest BCUT2D eigenvalue weighted by Gasteiger charge is 2.26. The Labute approximate surface area is 141 Å². The van der Waals surface area contributed by atoms with Crippen LogP contribution in [0.1, 0.15) is 27.1 Å². The molecule has 5 nitrogen and oxygen atoms in total. The Morgan fingerprint density at radius 3 is 2.83 bits per heavy atom. The van der Waals surface area contributed by atoms with E-state index in [0.717, 1.165) is 5.69 Å². The van der Waals surface area contributed by atoms with Gasteiger partial charge in [0, 0.05) is 17.3 Å². The fraction of sp³-hybridized carbons (Fsp3) is 0.125. The minimum Gasteiger partial charge on any atom is -0.290 e. The van der Waals surface area contributed by atoms with E-state index in [9.17, 15) is 10.1 Å². The Morgan fingerprint density at radius 2 is 2.17 bits per heavy atom. The molecule has 0 bridgehead atoms. The summed E-state index contributed by atoms with van der Waals surface area (Å²) < 4.78 is 1.52. The third-order valence-corrected chi connectivity index (χ3v) is 4.56. The first-order valence-corrected chi connectivity index (χ1v) is 8.02. The van der Waals surface area contributed by atoms with Crippen LogP contribution in [-0.2, 0) is 0 Å². The third kappa shape index (κ3) is 3.02. The molecule has 0 aliphatic carbocycles. The van der Waals surface area contributed by atoms with Crippen molar-refractivity contribution in [1.82, 2.24) is 14.8 Å². The van der Waals surface area contributed by atoms with Crippen LogP contribution in [0.5, 0.6) is 0 Å². The van der Waals surface area contributed by atoms with Crippen molar-refractivity contribution in [3.63, 3.8) is 0 Å². The number of para-hydroxylation sites is 1. The number of hydrogen-bond acceptors (Lipinski definition) is 5. The fourth-order valence-corrected chi connectivity index (χ4v) is 3.16. The number of nitriles is 1. The van der Waals surface area contributed by atoms with Crippen LogP contribution in [0.3, 0.4) is 0 Å². The molecule has 0 N–H and O–H groups in total. The van der Waals surface area contributed by atoms with Gasteiger partial charge in [0.15, 0.2) is 5.92 Å². The number of hydrogen-bond donors (Lipinski definition) is 0. The topological polar surface area (TPSA) is 71.6 Å². The molecule has 23 heavy (non-hydrogen) atoms. The number of nitrogens with zero attached hydrogens (tertiary/aromatic N) is 4. The zero-order valence-electron chi connectivity index (χ0n) is 12.1. The van der Waals surface area contributed by atoms with E-state index in [-0.39, 0.29) is 11.5 Å². The highest BCUT2D eigenvalue weighted by atomic mass is 35.5. The lowest BCUT2D eigenvalue weighted by Gasteiger charge is -2.04. The SMILES string of the molecule is Cc1csc([C@@H](C#N)C(=O)c2ccn(-c3ccccc3Cl)n2)n1.